The maximum absolute atomic E-state index is 13.6. The van der Waals surface area contributed by atoms with Crippen LogP contribution in [0.4, 0.5) is 4.39 Å². The van der Waals surface area contributed by atoms with E-state index in [1.165, 1.54) is 12.3 Å². The van der Waals surface area contributed by atoms with E-state index in [1.54, 1.807) is 36.4 Å². The zero-order valence-electron chi connectivity index (χ0n) is 10.9. The number of hydrogen-bond donors (Lipinski definition) is 1. The molecule has 0 radical (unpaired) electrons. The summed E-state index contributed by atoms with van der Waals surface area (Å²) in [6.07, 6.45) is 1.44. The first kappa shape index (κ1) is 13.8. The van der Waals surface area contributed by atoms with Gasteiger partial charge in [0.25, 0.3) is 0 Å². The molecule has 0 fully saturated rings. The van der Waals surface area contributed by atoms with Gasteiger partial charge in [-0.1, -0.05) is 29.8 Å². The fourth-order valence-electron chi connectivity index (χ4n) is 2.07. The van der Waals surface area contributed by atoms with Crippen molar-refractivity contribution in [1.29, 1.82) is 0 Å². The highest BCUT2D eigenvalue weighted by Crippen LogP contribution is 2.31. The number of aliphatic hydroxyl groups excluding tert-OH is 1. The lowest BCUT2D eigenvalue weighted by Crippen LogP contribution is -1.94. The van der Waals surface area contributed by atoms with Crippen molar-refractivity contribution >= 4 is 22.5 Å². The fraction of sp³-hybridized carbons (Fsp3) is 0.0625. The Balaban J connectivity index is 2.01. The average molecular weight is 304 g/mol. The molecule has 0 unspecified atom stereocenters. The summed E-state index contributed by atoms with van der Waals surface area (Å²) < 4.78 is 19.3. The topological polar surface area (TPSA) is 42.4 Å². The van der Waals surface area contributed by atoms with Crippen LogP contribution in [0.1, 0.15) is 5.56 Å². The van der Waals surface area contributed by atoms with Gasteiger partial charge >= 0.3 is 0 Å². The minimum absolute atomic E-state index is 0.232. The second kappa shape index (κ2) is 5.68. The average Bonchev–Trinajstić information content (AvgIpc) is 2.48. The Hall–Kier alpha value is -2.17. The van der Waals surface area contributed by atoms with Crippen LogP contribution >= 0.6 is 11.6 Å². The molecule has 21 heavy (non-hydrogen) atoms. The molecule has 0 atom stereocenters. The van der Waals surface area contributed by atoms with Crippen LogP contribution in [0.5, 0.6) is 11.5 Å². The van der Waals surface area contributed by atoms with Crippen LogP contribution in [0.3, 0.4) is 0 Å². The van der Waals surface area contributed by atoms with Crippen LogP contribution in [0, 0.1) is 5.82 Å². The Labute approximate surface area is 125 Å². The van der Waals surface area contributed by atoms with Crippen LogP contribution in [0.2, 0.25) is 5.02 Å². The van der Waals surface area contributed by atoms with Crippen molar-refractivity contribution in [3.05, 3.63) is 65.1 Å². The molecule has 0 aliphatic carbocycles. The molecule has 1 N–H and O–H groups in total. The van der Waals surface area contributed by atoms with Crippen molar-refractivity contribution in [2.75, 3.05) is 0 Å². The van der Waals surface area contributed by atoms with Crippen LogP contribution < -0.4 is 4.74 Å². The van der Waals surface area contributed by atoms with Crippen LogP contribution in [-0.4, -0.2) is 10.1 Å². The zero-order valence-corrected chi connectivity index (χ0v) is 11.6. The number of rotatable bonds is 3. The Morgan fingerprint density at radius 2 is 2.00 bits per heavy atom. The Kier molecular flexibility index (Phi) is 3.73. The van der Waals surface area contributed by atoms with E-state index < -0.39 is 0 Å². The van der Waals surface area contributed by atoms with E-state index in [9.17, 15) is 9.50 Å². The van der Waals surface area contributed by atoms with E-state index in [-0.39, 0.29) is 12.4 Å². The lowest BCUT2D eigenvalue weighted by Gasteiger charge is -2.11. The summed E-state index contributed by atoms with van der Waals surface area (Å²) in [7, 11) is 0. The molecule has 3 nitrogen and oxygen atoms in total. The van der Waals surface area contributed by atoms with Gasteiger partial charge in [-0.25, -0.2) is 9.37 Å². The molecular formula is C16H11ClFNO2. The monoisotopic (exact) mass is 303 g/mol. The van der Waals surface area contributed by atoms with E-state index in [0.29, 0.717) is 33.0 Å². The molecule has 1 heterocycles. The Morgan fingerprint density at radius 3 is 2.81 bits per heavy atom. The summed E-state index contributed by atoms with van der Waals surface area (Å²) >= 11 is 6.01. The van der Waals surface area contributed by atoms with E-state index in [2.05, 4.69) is 4.98 Å². The van der Waals surface area contributed by atoms with Gasteiger partial charge in [0, 0.05) is 16.0 Å². The van der Waals surface area contributed by atoms with Gasteiger partial charge in [0.05, 0.1) is 12.8 Å². The molecule has 106 valence electrons. The van der Waals surface area contributed by atoms with Gasteiger partial charge in [0.2, 0.25) is 0 Å². The summed E-state index contributed by atoms with van der Waals surface area (Å²) in [5.41, 5.74) is 0.789. The second-order valence-electron chi connectivity index (χ2n) is 4.46. The fourth-order valence-corrected chi connectivity index (χ4v) is 2.30. The number of hydrogen-bond acceptors (Lipinski definition) is 3. The molecule has 2 aromatic carbocycles. The predicted molar refractivity (Wildman–Crippen MR) is 79.1 cm³/mol. The molecule has 1 aromatic heterocycles. The van der Waals surface area contributed by atoms with Crippen LogP contribution in [0.25, 0.3) is 10.9 Å². The van der Waals surface area contributed by atoms with Crippen molar-refractivity contribution < 1.29 is 14.2 Å². The normalized spacial score (nSPS) is 10.8. The third-order valence-electron chi connectivity index (χ3n) is 3.10. The summed E-state index contributed by atoms with van der Waals surface area (Å²) in [4.78, 5) is 4.06. The maximum Gasteiger partial charge on any atom is 0.149 e. The Morgan fingerprint density at radius 1 is 1.19 bits per heavy atom. The van der Waals surface area contributed by atoms with E-state index in [4.69, 9.17) is 16.3 Å². The maximum atomic E-state index is 13.6. The van der Waals surface area contributed by atoms with Crippen molar-refractivity contribution in [3.63, 3.8) is 0 Å². The lowest BCUT2D eigenvalue weighted by molar-refractivity contribution is 0.276. The molecule has 5 heteroatoms. The van der Waals surface area contributed by atoms with Crippen LogP contribution in [-0.2, 0) is 6.61 Å². The van der Waals surface area contributed by atoms with Gasteiger partial charge in [-0.3, -0.25) is 0 Å². The minimum Gasteiger partial charge on any atom is -0.455 e. The summed E-state index contributed by atoms with van der Waals surface area (Å²) in [5, 5.41) is 10.4. The first-order valence-corrected chi connectivity index (χ1v) is 6.67. The molecular weight excluding hydrogens is 293 g/mol. The highest BCUT2D eigenvalue weighted by Gasteiger charge is 2.09. The molecule has 0 saturated carbocycles. The number of aromatic nitrogens is 1. The van der Waals surface area contributed by atoms with Gasteiger partial charge in [0.15, 0.2) is 0 Å². The number of benzene rings is 2. The summed E-state index contributed by atoms with van der Waals surface area (Å²) in [5.74, 6) is 0.519. The number of halogens is 2. The third-order valence-corrected chi connectivity index (χ3v) is 3.45. The number of fused-ring (bicyclic) bond motifs is 1. The van der Waals surface area contributed by atoms with Gasteiger partial charge in [-0.05, 0) is 24.3 Å². The van der Waals surface area contributed by atoms with Gasteiger partial charge < -0.3 is 9.84 Å². The van der Waals surface area contributed by atoms with Crippen molar-refractivity contribution in [2.24, 2.45) is 0 Å². The molecule has 0 spiro atoms. The molecule has 0 amide bonds. The largest absolute Gasteiger partial charge is 0.455 e. The number of nitrogens with zero attached hydrogens (tertiary/aromatic N) is 1. The number of para-hydroxylation sites is 1. The van der Waals surface area contributed by atoms with Gasteiger partial charge in [-0.15, -0.1) is 0 Å². The van der Waals surface area contributed by atoms with E-state index in [0.717, 1.165) is 0 Å². The van der Waals surface area contributed by atoms with Crippen molar-refractivity contribution in [2.45, 2.75) is 6.61 Å². The lowest BCUT2D eigenvalue weighted by atomic mass is 10.2. The number of ether oxygens (including phenoxy) is 1. The molecule has 0 bridgehead atoms. The second-order valence-corrected chi connectivity index (χ2v) is 4.87. The predicted octanol–water partition coefficient (Wildman–Crippen LogP) is 4.31. The van der Waals surface area contributed by atoms with E-state index >= 15 is 0 Å². The minimum atomic E-state index is -0.377. The molecule has 0 aliphatic heterocycles. The third kappa shape index (κ3) is 2.68. The van der Waals surface area contributed by atoms with Crippen molar-refractivity contribution in [1.82, 2.24) is 4.98 Å². The highest BCUT2D eigenvalue weighted by atomic mass is 35.5. The first-order chi connectivity index (χ1) is 10.2. The standard InChI is InChI=1S/C16H11ClFNO2/c17-13-4-2-6-15(12(13)9-20)21-11-7-10-3-1-5-14(18)16(10)19-8-11/h1-8,20H,9H2. The number of aliphatic hydroxyl groups is 1. The van der Waals surface area contributed by atoms with Crippen molar-refractivity contribution in [3.8, 4) is 11.5 Å². The van der Waals surface area contributed by atoms with Gasteiger partial charge in [0.1, 0.15) is 22.8 Å². The smallest absolute Gasteiger partial charge is 0.149 e. The quantitative estimate of drug-likeness (QED) is 0.784. The summed E-state index contributed by atoms with van der Waals surface area (Å²) in [6, 6.07) is 11.5. The Bertz CT molecular complexity index is 807. The molecule has 3 rings (SSSR count). The SMILES string of the molecule is OCc1c(Cl)cccc1Oc1cnc2c(F)cccc2c1. The molecule has 0 aliphatic rings. The molecule has 0 saturated heterocycles. The van der Waals surface area contributed by atoms with Gasteiger partial charge in [-0.2, -0.15) is 0 Å². The van der Waals surface area contributed by atoms with E-state index in [1.807, 2.05) is 0 Å². The van der Waals surface area contributed by atoms with Crippen LogP contribution in [0.15, 0.2) is 48.7 Å². The molecule has 3 aromatic rings. The zero-order chi connectivity index (χ0) is 14.8. The first-order valence-electron chi connectivity index (χ1n) is 6.29. The number of pyridine rings is 1. The highest BCUT2D eigenvalue weighted by molar-refractivity contribution is 6.31. The summed E-state index contributed by atoms with van der Waals surface area (Å²) in [6.45, 7) is -0.232.